The molecule has 2 N–H and O–H groups in total. The number of hydrogen-bond acceptors (Lipinski definition) is 2. The van der Waals surface area contributed by atoms with E-state index < -0.39 is 0 Å². The lowest BCUT2D eigenvalue weighted by molar-refractivity contribution is -0.538. The first-order valence-corrected chi connectivity index (χ1v) is 5.98. The van der Waals surface area contributed by atoms with Gasteiger partial charge in [0, 0.05) is 27.2 Å². The van der Waals surface area contributed by atoms with E-state index in [2.05, 4.69) is 32.4 Å². The molecule has 16 heavy (non-hydrogen) atoms. The van der Waals surface area contributed by atoms with Gasteiger partial charge in [-0.1, -0.05) is 0 Å². The third-order valence-electron chi connectivity index (χ3n) is 1.54. The molecule has 0 heterocycles. The van der Waals surface area contributed by atoms with Crippen LogP contribution in [0.5, 0.6) is 0 Å². The molecule has 0 bridgehead atoms. The van der Waals surface area contributed by atoms with Gasteiger partial charge in [-0.3, -0.25) is 0 Å². The zero-order valence-corrected chi connectivity index (χ0v) is 12.3. The molecule has 3 nitrogen and oxygen atoms in total. The van der Waals surface area contributed by atoms with Crippen molar-refractivity contribution < 1.29 is 9.31 Å². The van der Waals surface area contributed by atoms with Crippen LogP contribution in [0.15, 0.2) is 12.4 Å². The molecule has 0 aliphatic carbocycles. The van der Waals surface area contributed by atoms with Gasteiger partial charge in [-0.15, -0.1) is 11.6 Å². The van der Waals surface area contributed by atoms with Crippen molar-refractivity contribution in [1.29, 1.82) is 0 Å². The SMILES string of the molecule is CC(C)(C)OC=[N+](/C=C\N)C(C)(C)C.CCl. The molecule has 0 aromatic carbocycles. The minimum Gasteiger partial charge on any atom is -0.444 e. The standard InChI is InChI=1S/C11H23N2O.CH3Cl/c1-10(2,3)13(8-7-12)9-14-11(4,5)6;1-2/h7-9H,12H2,1-6H3;1H3/q+1;/b8-7-,13-9?;. The minimum atomic E-state index is -0.175. The highest BCUT2D eigenvalue weighted by molar-refractivity contribution is 6.15. The highest BCUT2D eigenvalue weighted by atomic mass is 35.5. The maximum atomic E-state index is 5.56. The van der Waals surface area contributed by atoms with E-state index in [1.54, 1.807) is 12.6 Å². The fraction of sp³-hybridized carbons (Fsp3) is 0.750. The summed E-state index contributed by atoms with van der Waals surface area (Å²) in [5, 5.41) is 0. The maximum Gasteiger partial charge on any atom is 0.330 e. The molecule has 0 spiro atoms. The smallest absolute Gasteiger partial charge is 0.330 e. The molecule has 0 unspecified atom stereocenters. The van der Waals surface area contributed by atoms with Crippen LogP contribution in [0, 0.1) is 0 Å². The second kappa shape index (κ2) is 7.55. The van der Waals surface area contributed by atoms with Crippen molar-refractivity contribution >= 4 is 18.0 Å². The second-order valence-corrected chi connectivity index (χ2v) is 5.26. The summed E-state index contributed by atoms with van der Waals surface area (Å²) >= 11 is 4.64. The lowest BCUT2D eigenvalue weighted by Gasteiger charge is -2.19. The molecule has 0 aromatic heterocycles. The summed E-state index contributed by atoms with van der Waals surface area (Å²) in [6.45, 7) is 12.3. The van der Waals surface area contributed by atoms with Crippen LogP contribution in [0.25, 0.3) is 0 Å². The Hall–Kier alpha value is -0.700. The molecular weight excluding hydrogens is 224 g/mol. The molecule has 0 aliphatic heterocycles. The van der Waals surface area contributed by atoms with E-state index in [1.165, 1.54) is 12.6 Å². The Bertz CT molecular complexity index is 234. The Morgan fingerprint density at radius 1 is 1.06 bits per heavy atom. The van der Waals surface area contributed by atoms with E-state index in [9.17, 15) is 0 Å². The van der Waals surface area contributed by atoms with E-state index in [-0.39, 0.29) is 11.1 Å². The summed E-state index contributed by atoms with van der Waals surface area (Å²) in [7, 11) is 0. The second-order valence-electron chi connectivity index (χ2n) is 5.26. The highest BCUT2D eigenvalue weighted by Gasteiger charge is 2.23. The first-order valence-electron chi connectivity index (χ1n) is 5.22. The summed E-state index contributed by atoms with van der Waals surface area (Å²) < 4.78 is 7.51. The van der Waals surface area contributed by atoms with Gasteiger partial charge in [-0.2, -0.15) is 4.58 Å². The van der Waals surface area contributed by atoms with Crippen molar-refractivity contribution in [1.82, 2.24) is 0 Å². The Labute approximate surface area is 105 Å². The summed E-state index contributed by atoms with van der Waals surface area (Å²) in [5.74, 6) is 0. The van der Waals surface area contributed by atoms with Crippen LogP contribution < -0.4 is 5.73 Å². The topological polar surface area (TPSA) is 38.3 Å². The van der Waals surface area contributed by atoms with E-state index in [1.807, 2.05) is 25.3 Å². The van der Waals surface area contributed by atoms with Gasteiger partial charge in [0.1, 0.15) is 5.60 Å². The molecule has 0 saturated heterocycles. The zero-order valence-electron chi connectivity index (χ0n) is 11.5. The molecule has 4 heteroatoms. The monoisotopic (exact) mass is 249 g/mol. The van der Waals surface area contributed by atoms with Crippen molar-refractivity contribution in [2.45, 2.75) is 52.7 Å². The Kier molecular flexibility index (Phi) is 8.35. The fourth-order valence-corrected chi connectivity index (χ4v) is 0.724. The van der Waals surface area contributed by atoms with Crippen LogP contribution >= 0.6 is 11.6 Å². The summed E-state index contributed by atoms with van der Waals surface area (Å²) in [6.07, 6.45) is 6.49. The molecule has 0 amide bonds. The Balaban J connectivity index is 0. The third kappa shape index (κ3) is 9.84. The van der Waals surface area contributed by atoms with Gasteiger partial charge >= 0.3 is 6.40 Å². The molecule has 0 aliphatic rings. The first-order chi connectivity index (χ1) is 7.17. The quantitative estimate of drug-likeness (QED) is 0.354. The molecule has 0 radical (unpaired) electrons. The van der Waals surface area contributed by atoms with Crippen LogP contribution in [0.1, 0.15) is 41.5 Å². The number of ether oxygens (including phenoxy) is 1. The molecule has 0 fully saturated rings. The van der Waals surface area contributed by atoms with Crippen molar-refractivity contribution in [3.8, 4) is 0 Å². The van der Waals surface area contributed by atoms with Crippen molar-refractivity contribution in [2.75, 3.05) is 6.38 Å². The average molecular weight is 250 g/mol. The molecule has 0 aromatic rings. The van der Waals surface area contributed by atoms with Gasteiger partial charge < -0.3 is 10.5 Å². The van der Waals surface area contributed by atoms with E-state index in [0.717, 1.165) is 0 Å². The molecular formula is C12H26ClN2O+. The highest BCUT2D eigenvalue weighted by Crippen LogP contribution is 2.09. The molecule has 0 saturated carbocycles. The molecule has 0 rings (SSSR count). The Morgan fingerprint density at radius 2 is 1.50 bits per heavy atom. The summed E-state index contributed by atoms with van der Waals surface area (Å²) in [6, 6.07) is 0. The van der Waals surface area contributed by atoms with Gasteiger partial charge in [-0.25, -0.2) is 0 Å². The Morgan fingerprint density at radius 3 is 1.75 bits per heavy atom. The predicted molar refractivity (Wildman–Crippen MR) is 72.0 cm³/mol. The van der Waals surface area contributed by atoms with Gasteiger partial charge in [0.25, 0.3) is 0 Å². The number of rotatable bonds is 2. The van der Waals surface area contributed by atoms with Crippen LogP contribution in [0.3, 0.4) is 0 Å². The number of nitrogens with zero attached hydrogens (tertiary/aromatic N) is 1. The van der Waals surface area contributed by atoms with Crippen LogP contribution in [-0.2, 0) is 4.74 Å². The lowest BCUT2D eigenvalue weighted by Crippen LogP contribution is -2.32. The number of alkyl halides is 1. The normalized spacial score (nSPS) is 13.4. The van der Waals surface area contributed by atoms with Gasteiger partial charge in [-0.05, 0) is 20.8 Å². The van der Waals surface area contributed by atoms with Crippen LogP contribution in [-0.4, -0.2) is 28.5 Å². The third-order valence-corrected chi connectivity index (χ3v) is 1.54. The van der Waals surface area contributed by atoms with E-state index in [0.29, 0.717) is 0 Å². The van der Waals surface area contributed by atoms with E-state index >= 15 is 0 Å². The van der Waals surface area contributed by atoms with Gasteiger partial charge in [0.15, 0.2) is 11.7 Å². The molecule has 96 valence electrons. The number of hydrogen-bond donors (Lipinski definition) is 1. The van der Waals surface area contributed by atoms with Crippen LogP contribution in [0.2, 0.25) is 0 Å². The maximum absolute atomic E-state index is 5.56. The van der Waals surface area contributed by atoms with Crippen molar-refractivity contribution in [3.05, 3.63) is 12.4 Å². The molecule has 0 atom stereocenters. The predicted octanol–water partition coefficient (Wildman–Crippen LogP) is 2.93. The van der Waals surface area contributed by atoms with Gasteiger partial charge in [0.2, 0.25) is 0 Å². The van der Waals surface area contributed by atoms with Gasteiger partial charge in [0.05, 0.1) is 6.20 Å². The van der Waals surface area contributed by atoms with Crippen LogP contribution in [0.4, 0.5) is 0 Å². The minimum absolute atomic E-state index is 0.0267. The fourth-order valence-electron chi connectivity index (χ4n) is 0.724. The largest absolute Gasteiger partial charge is 0.444 e. The lowest BCUT2D eigenvalue weighted by atomic mass is 10.1. The zero-order chi connectivity index (χ0) is 13.4. The average Bonchev–Trinajstić information content (AvgIpc) is 2.12. The van der Waals surface area contributed by atoms with E-state index in [4.69, 9.17) is 10.5 Å². The number of halogens is 1. The number of nitrogens with two attached hydrogens (primary N) is 1. The van der Waals surface area contributed by atoms with Crippen molar-refractivity contribution in [3.63, 3.8) is 0 Å². The van der Waals surface area contributed by atoms with Crippen molar-refractivity contribution in [2.24, 2.45) is 5.73 Å². The summed E-state index contributed by atoms with van der Waals surface area (Å²) in [5.41, 5.74) is 5.17. The first kappa shape index (κ1) is 17.7. The summed E-state index contributed by atoms with van der Waals surface area (Å²) in [4.78, 5) is 0.